The van der Waals surface area contributed by atoms with Crippen LogP contribution >= 0.6 is 15.9 Å². The summed E-state index contributed by atoms with van der Waals surface area (Å²) in [4.78, 5) is 6.79. The Bertz CT molecular complexity index is 1130. The number of hydrogen-bond donors (Lipinski definition) is 1. The normalized spacial score (nSPS) is 13.6. The van der Waals surface area contributed by atoms with Gasteiger partial charge in [0.15, 0.2) is 0 Å². The first-order valence-electron chi connectivity index (χ1n) is 9.51. The summed E-state index contributed by atoms with van der Waals surface area (Å²) in [5.74, 6) is 1.80. The predicted molar refractivity (Wildman–Crippen MR) is 119 cm³/mol. The summed E-state index contributed by atoms with van der Waals surface area (Å²) in [5.41, 5.74) is 2.36. The number of anilines is 2. The minimum atomic E-state index is -0.330. The second-order valence-electron chi connectivity index (χ2n) is 6.91. The van der Waals surface area contributed by atoms with Crippen LogP contribution in [0.15, 0.2) is 65.0 Å². The highest BCUT2D eigenvalue weighted by Gasteiger charge is 2.12. The average Bonchev–Trinajstić information content (AvgIpc) is 3.05. The second-order valence-corrected chi connectivity index (χ2v) is 7.77. The number of aromatic nitrogens is 2. The van der Waals surface area contributed by atoms with Gasteiger partial charge in [0.05, 0.1) is 22.1 Å². The molecular weight excluding hydrogens is 451 g/mol. The molecule has 2 heterocycles. The Kier molecular flexibility index (Phi) is 6.06. The van der Waals surface area contributed by atoms with Crippen molar-refractivity contribution in [3.8, 4) is 5.75 Å². The zero-order valence-corrected chi connectivity index (χ0v) is 18.3. The molecule has 6 nitrogen and oxygen atoms in total. The Labute approximate surface area is 182 Å². The number of allylic oxidation sites excluding steroid dienone is 1. The minimum absolute atomic E-state index is 0.330. The lowest BCUT2D eigenvalue weighted by molar-refractivity contribution is 0.172. The molecule has 0 unspecified atom stereocenters. The summed E-state index contributed by atoms with van der Waals surface area (Å²) in [6.07, 6.45) is 5.98. The molecule has 1 aliphatic heterocycles. The maximum absolute atomic E-state index is 13.8. The largest absolute Gasteiger partial charge is 0.458 e. The summed E-state index contributed by atoms with van der Waals surface area (Å²) in [5, 5.41) is 3.16. The van der Waals surface area contributed by atoms with Gasteiger partial charge >= 0.3 is 0 Å². The minimum Gasteiger partial charge on any atom is -0.458 e. The molecule has 156 valence electrons. The molecule has 0 spiro atoms. The monoisotopic (exact) mass is 472 g/mol. The van der Waals surface area contributed by atoms with Crippen LogP contribution in [0.25, 0.3) is 11.0 Å². The van der Waals surface area contributed by atoms with Crippen LogP contribution in [0.5, 0.6) is 5.75 Å². The van der Waals surface area contributed by atoms with Crippen LogP contribution in [0.3, 0.4) is 0 Å². The van der Waals surface area contributed by atoms with E-state index in [1.165, 1.54) is 6.07 Å². The standard InChI is InChI=1S/C22H22BrFN4O2/c1-27-21-6-4-17(30-16-7-9-28(10-8-16)11-12-29-2)14-20(21)26-22(27)25-15-3-5-18(23)19(24)13-15/h3-9,13-14H,10-12H2,1-2H3,(H,25,26). The lowest BCUT2D eigenvalue weighted by Crippen LogP contribution is -2.24. The van der Waals surface area contributed by atoms with Crippen LogP contribution in [0.4, 0.5) is 16.0 Å². The first kappa shape index (κ1) is 20.4. The highest BCUT2D eigenvalue weighted by atomic mass is 79.9. The van der Waals surface area contributed by atoms with Crippen molar-refractivity contribution in [1.29, 1.82) is 0 Å². The Hall–Kier alpha value is -2.84. The van der Waals surface area contributed by atoms with E-state index in [4.69, 9.17) is 9.47 Å². The molecule has 30 heavy (non-hydrogen) atoms. The van der Waals surface area contributed by atoms with Gasteiger partial charge in [-0.25, -0.2) is 9.37 Å². The Balaban J connectivity index is 1.49. The van der Waals surface area contributed by atoms with Gasteiger partial charge in [0.2, 0.25) is 5.95 Å². The highest BCUT2D eigenvalue weighted by Crippen LogP contribution is 2.27. The topological polar surface area (TPSA) is 51.6 Å². The first-order valence-corrected chi connectivity index (χ1v) is 10.3. The van der Waals surface area contributed by atoms with E-state index >= 15 is 0 Å². The SMILES string of the molecule is COCCN1C=CC(Oc2ccc3c(c2)nc(Nc2ccc(Br)c(F)c2)n3C)=CC1. The van der Waals surface area contributed by atoms with Crippen LogP contribution in [-0.2, 0) is 11.8 Å². The van der Waals surface area contributed by atoms with E-state index in [9.17, 15) is 4.39 Å². The summed E-state index contributed by atoms with van der Waals surface area (Å²) in [6.45, 7) is 2.31. The Morgan fingerprint density at radius 3 is 2.83 bits per heavy atom. The number of halogens is 2. The van der Waals surface area contributed by atoms with E-state index in [1.54, 1.807) is 19.2 Å². The van der Waals surface area contributed by atoms with Crippen LogP contribution in [0, 0.1) is 5.82 Å². The van der Waals surface area contributed by atoms with E-state index in [-0.39, 0.29) is 5.82 Å². The van der Waals surface area contributed by atoms with Gasteiger partial charge in [0.25, 0.3) is 0 Å². The molecule has 0 saturated carbocycles. The number of methoxy groups -OCH3 is 1. The highest BCUT2D eigenvalue weighted by molar-refractivity contribution is 9.10. The number of fused-ring (bicyclic) bond motifs is 1. The summed E-state index contributed by atoms with van der Waals surface area (Å²) in [6, 6.07) is 10.7. The van der Waals surface area contributed by atoms with Crippen LogP contribution in [0.2, 0.25) is 0 Å². The third-order valence-corrected chi connectivity index (χ3v) is 5.47. The number of benzene rings is 2. The summed E-state index contributed by atoms with van der Waals surface area (Å²) < 4.78 is 27.3. The molecule has 8 heteroatoms. The number of nitrogens with zero attached hydrogens (tertiary/aromatic N) is 3. The number of ether oxygens (including phenoxy) is 2. The average molecular weight is 473 g/mol. The van der Waals surface area contributed by atoms with Crippen molar-refractivity contribution in [2.45, 2.75) is 0 Å². The van der Waals surface area contributed by atoms with Gasteiger partial charge in [0, 0.05) is 45.2 Å². The molecule has 0 saturated heterocycles. The van der Waals surface area contributed by atoms with Gasteiger partial charge in [-0.15, -0.1) is 0 Å². The van der Waals surface area contributed by atoms with Gasteiger partial charge < -0.3 is 24.3 Å². The molecule has 1 aromatic heterocycles. The molecule has 4 rings (SSSR count). The maximum Gasteiger partial charge on any atom is 0.208 e. The fraction of sp³-hybridized carbons (Fsp3) is 0.227. The van der Waals surface area contributed by atoms with Crippen LogP contribution in [0.1, 0.15) is 0 Å². The molecule has 3 aromatic rings. The zero-order valence-electron chi connectivity index (χ0n) is 16.7. The molecule has 0 fully saturated rings. The van der Waals surface area contributed by atoms with E-state index in [1.807, 2.05) is 48.2 Å². The maximum atomic E-state index is 13.8. The van der Waals surface area contributed by atoms with Gasteiger partial charge in [-0.1, -0.05) is 0 Å². The van der Waals surface area contributed by atoms with E-state index in [2.05, 4.69) is 31.1 Å². The number of imidazole rings is 1. The zero-order chi connectivity index (χ0) is 21.1. The molecular formula is C22H22BrFN4O2. The quantitative estimate of drug-likeness (QED) is 0.526. The molecule has 1 N–H and O–H groups in total. The van der Waals surface area contributed by atoms with Crippen LogP contribution < -0.4 is 10.1 Å². The first-order chi connectivity index (χ1) is 14.5. The smallest absolute Gasteiger partial charge is 0.208 e. The predicted octanol–water partition coefficient (Wildman–Crippen LogP) is 4.96. The third-order valence-electron chi connectivity index (χ3n) is 4.82. The van der Waals surface area contributed by atoms with Crippen molar-refractivity contribution in [3.05, 3.63) is 70.8 Å². The lowest BCUT2D eigenvalue weighted by atomic mass is 10.3. The number of nitrogens with one attached hydrogen (secondary N) is 1. The van der Waals surface area contributed by atoms with E-state index < -0.39 is 0 Å². The van der Waals surface area contributed by atoms with E-state index in [0.29, 0.717) is 28.5 Å². The van der Waals surface area contributed by atoms with Gasteiger partial charge in [-0.2, -0.15) is 0 Å². The van der Waals surface area contributed by atoms with Gasteiger partial charge in [-0.05, 0) is 58.4 Å². The second kappa shape index (κ2) is 8.89. The molecule has 0 aliphatic carbocycles. The number of rotatable bonds is 7. The van der Waals surface area contributed by atoms with Crippen molar-refractivity contribution < 1.29 is 13.9 Å². The van der Waals surface area contributed by atoms with E-state index in [0.717, 1.165) is 29.9 Å². The fourth-order valence-corrected chi connectivity index (χ4v) is 3.41. The molecule has 0 atom stereocenters. The molecule has 0 amide bonds. The number of hydrogen-bond acceptors (Lipinski definition) is 5. The number of aryl methyl sites for hydroxylation is 1. The molecule has 0 radical (unpaired) electrons. The van der Waals surface area contributed by atoms with Gasteiger partial charge in [0.1, 0.15) is 17.3 Å². The molecule has 2 aromatic carbocycles. The third kappa shape index (κ3) is 4.49. The van der Waals surface area contributed by atoms with Crippen molar-refractivity contribution in [3.63, 3.8) is 0 Å². The van der Waals surface area contributed by atoms with Gasteiger partial charge in [-0.3, -0.25) is 0 Å². The Morgan fingerprint density at radius 1 is 1.23 bits per heavy atom. The summed E-state index contributed by atoms with van der Waals surface area (Å²) >= 11 is 3.17. The Morgan fingerprint density at radius 2 is 2.10 bits per heavy atom. The van der Waals surface area contributed by atoms with Crippen molar-refractivity contribution in [1.82, 2.24) is 14.5 Å². The van der Waals surface area contributed by atoms with Crippen molar-refractivity contribution in [2.75, 3.05) is 32.1 Å². The molecule has 0 bridgehead atoms. The van der Waals surface area contributed by atoms with Crippen molar-refractivity contribution >= 4 is 38.6 Å². The lowest BCUT2D eigenvalue weighted by Gasteiger charge is -2.22. The van der Waals surface area contributed by atoms with Crippen LogP contribution in [-0.4, -0.2) is 41.3 Å². The fourth-order valence-electron chi connectivity index (χ4n) is 3.16. The van der Waals surface area contributed by atoms with Crippen molar-refractivity contribution in [2.24, 2.45) is 7.05 Å². The summed E-state index contributed by atoms with van der Waals surface area (Å²) in [7, 11) is 3.61. The molecule has 1 aliphatic rings.